The highest BCUT2D eigenvalue weighted by Crippen LogP contribution is 2.58. The van der Waals surface area contributed by atoms with Gasteiger partial charge in [-0.3, -0.25) is 14.5 Å². The summed E-state index contributed by atoms with van der Waals surface area (Å²) in [5.74, 6) is 0.408. The Morgan fingerprint density at radius 1 is 1.06 bits per heavy atom. The Morgan fingerprint density at radius 3 is 2.44 bits per heavy atom. The van der Waals surface area contributed by atoms with E-state index >= 15 is 0 Å². The smallest absolute Gasteiger partial charge is 0.355 e. The average molecular weight is 507 g/mol. The van der Waals surface area contributed by atoms with E-state index in [9.17, 15) is 14.4 Å². The van der Waals surface area contributed by atoms with E-state index in [4.69, 9.17) is 9.47 Å². The molecule has 7 nitrogen and oxygen atoms in total. The van der Waals surface area contributed by atoms with Gasteiger partial charge >= 0.3 is 5.97 Å². The monoisotopic (exact) mass is 506 g/mol. The van der Waals surface area contributed by atoms with Crippen molar-refractivity contribution in [2.45, 2.75) is 50.0 Å². The average Bonchev–Trinajstić information content (AvgIpc) is 2.90. The third kappa shape index (κ3) is 4.28. The van der Waals surface area contributed by atoms with E-state index < -0.39 is 12.0 Å². The first-order valence-corrected chi connectivity index (χ1v) is 13.2. The summed E-state index contributed by atoms with van der Waals surface area (Å²) in [4.78, 5) is 40.8. The Balaban J connectivity index is 1.32. The number of hydrogen-bond donors (Lipinski definition) is 1. The number of methoxy groups -OCH3 is 1. The molecule has 8 heteroatoms. The van der Waals surface area contributed by atoms with E-state index in [-0.39, 0.29) is 41.4 Å². The highest BCUT2D eigenvalue weighted by molar-refractivity contribution is 8.01. The third-order valence-corrected chi connectivity index (χ3v) is 9.05. The Morgan fingerprint density at radius 2 is 1.78 bits per heavy atom. The molecule has 3 aliphatic rings. The molecule has 0 unspecified atom stereocenters. The fourth-order valence-corrected chi connectivity index (χ4v) is 7.46. The number of β-lactam (4-membered cyclic amide) rings is 1. The van der Waals surface area contributed by atoms with Crippen LogP contribution in [-0.2, 0) is 32.1 Å². The van der Waals surface area contributed by atoms with Crippen LogP contribution >= 0.6 is 11.8 Å². The fraction of sp³-hybridized carbons (Fsp3) is 0.393. The molecule has 1 saturated heterocycles. The lowest BCUT2D eigenvalue weighted by Crippen LogP contribution is -2.72. The van der Waals surface area contributed by atoms with Crippen LogP contribution in [0.4, 0.5) is 0 Å². The Kier molecular flexibility index (Phi) is 6.79. The molecule has 0 radical (unpaired) electrons. The lowest BCUT2D eigenvalue weighted by atomic mass is 9.67. The highest BCUT2D eigenvalue weighted by atomic mass is 32.2. The van der Waals surface area contributed by atoms with Crippen molar-refractivity contribution in [1.29, 1.82) is 0 Å². The second kappa shape index (κ2) is 10.0. The standard InChI is InChI=1S/C28H30N2O5S/c1-4-20-16(2)22-24(28(33)35-15-18-10-12-19(34-3)13-11-18)30-26(32)23(27(30)36-25(20)22)29-21(31)14-17-8-6-5-7-9-17/h5-13,16,20,23,25,27H,4,14-15H2,1-3H3,(H,29,31)/t16-,20+,23+,25-,27+/m0/s1. The van der Waals surface area contributed by atoms with Gasteiger partial charge in [-0.05, 0) is 40.7 Å². The zero-order valence-electron chi connectivity index (χ0n) is 20.6. The number of carbonyl (C=O) groups excluding carboxylic acids is 3. The number of thioether (sulfide) groups is 1. The van der Waals surface area contributed by atoms with Gasteiger partial charge in [0, 0.05) is 5.25 Å². The normalized spacial score (nSPS) is 26.2. The SMILES string of the molecule is CC[C@@H]1[C@H](C)C2=C(C(=O)OCc3ccc(OC)cc3)N3C(=O)[C@@H](NC(=O)Cc4ccccc4)[C@H]3S[C@H]21. The molecule has 36 heavy (non-hydrogen) atoms. The molecule has 2 amide bonds. The Bertz CT molecular complexity index is 1200. The summed E-state index contributed by atoms with van der Waals surface area (Å²) in [7, 11) is 1.60. The molecule has 188 valence electrons. The van der Waals surface area contributed by atoms with E-state index in [2.05, 4.69) is 19.2 Å². The van der Waals surface area contributed by atoms with E-state index in [1.807, 2.05) is 54.6 Å². The van der Waals surface area contributed by atoms with E-state index in [1.54, 1.807) is 23.8 Å². The van der Waals surface area contributed by atoms with Gasteiger partial charge < -0.3 is 14.8 Å². The number of benzene rings is 2. The van der Waals surface area contributed by atoms with Crippen molar-refractivity contribution in [3.63, 3.8) is 0 Å². The van der Waals surface area contributed by atoms with Crippen LogP contribution < -0.4 is 10.1 Å². The van der Waals surface area contributed by atoms with Gasteiger partial charge in [-0.2, -0.15) is 0 Å². The second-order valence-electron chi connectivity index (χ2n) is 9.45. The first kappa shape index (κ1) is 24.4. The molecule has 5 rings (SSSR count). The summed E-state index contributed by atoms with van der Waals surface area (Å²) in [5.41, 5.74) is 3.08. The molecule has 2 fully saturated rings. The van der Waals surface area contributed by atoms with Gasteiger partial charge in [-0.1, -0.05) is 62.7 Å². The van der Waals surface area contributed by atoms with Crippen molar-refractivity contribution in [3.8, 4) is 5.75 Å². The number of esters is 1. The lowest BCUT2D eigenvalue weighted by molar-refractivity contribution is -0.154. The minimum atomic E-state index is -0.648. The Labute approximate surface area is 215 Å². The van der Waals surface area contributed by atoms with Gasteiger partial charge in [0.05, 0.1) is 13.5 Å². The molecule has 2 aromatic rings. The number of fused-ring (bicyclic) bond motifs is 2. The van der Waals surface area contributed by atoms with Crippen LogP contribution in [0.5, 0.6) is 5.75 Å². The van der Waals surface area contributed by atoms with Crippen molar-refractivity contribution < 1.29 is 23.9 Å². The largest absolute Gasteiger partial charge is 0.497 e. The van der Waals surface area contributed by atoms with E-state index in [0.717, 1.165) is 28.9 Å². The first-order chi connectivity index (χ1) is 17.4. The summed E-state index contributed by atoms with van der Waals surface area (Å²) in [6.45, 7) is 4.37. The van der Waals surface area contributed by atoms with Crippen molar-refractivity contribution in [2.24, 2.45) is 11.8 Å². The Hall–Kier alpha value is -3.26. The van der Waals surface area contributed by atoms with Crippen LogP contribution in [0.1, 0.15) is 31.4 Å². The number of hydrogen-bond acceptors (Lipinski definition) is 6. The maximum atomic E-state index is 13.3. The molecule has 1 N–H and O–H groups in total. The summed E-state index contributed by atoms with van der Waals surface area (Å²) in [5, 5.41) is 2.75. The molecular formula is C28H30N2O5S. The minimum Gasteiger partial charge on any atom is -0.497 e. The summed E-state index contributed by atoms with van der Waals surface area (Å²) in [6.07, 6.45) is 1.19. The van der Waals surface area contributed by atoms with Crippen LogP contribution in [0, 0.1) is 11.8 Å². The molecule has 1 aliphatic carbocycles. The molecular weight excluding hydrogens is 476 g/mol. The highest BCUT2D eigenvalue weighted by Gasteiger charge is 2.61. The number of nitrogens with zero attached hydrogens (tertiary/aromatic N) is 1. The zero-order valence-corrected chi connectivity index (χ0v) is 21.4. The number of nitrogens with one attached hydrogen (secondary N) is 1. The minimum absolute atomic E-state index is 0.104. The maximum Gasteiger partial charge on any atom is 0.355 e. The third-order valence-electron chi connectivity index (χ3n) is 7.39. The van der Waals surface area contributed by atoms with Gasteiger partial charge in [0.15, 0.2) is 0 Å². The molecule has 2 aliphatic heterocycles. The number of ether oxygens (including phenoxy) is 2. The van der Waals surface area contributed by atoms with Crippen LogP contribution in [0.25, 0.3) is 0 Å². The topological polar surface area (TPSA) is 84.9 Å². The second-order valence-corrected chi connectivity index (χ2v) is 10.7. The van der Waals surface area contributed by atoms with Gasteiger partial charge in [0.25, 0.3) is 5.91 Å². The van der Waals surface area contributed by atoms with Crippen molar-refractivity contribution in [1.82, 2.24) is 10.2 Å². The first-order valence-electron chi connectivity index (χ1n) is 12.3. The maximum absolute atomic E-state index is 13.3. The molecule has 1 saturated carbocycles. The molecule has 0 aromatic heterocycles. The fourth-order valence-electron chi connectivity index (χ4n) is 5.38. The van der Waals surface area contributed by atoms with Gasteiger partial charge in [-0.15, -0.1) is 11.8 Å². The molecule has 2 aromatic carbocycles. The number of amides is 2. The molecule has 0 spiro atoms. The van der Waals surface area contributed by atoms with Crippen LogP contribution in [-0.4, -0.2) is 46.5 Å². The predicted octanol–water partition coefficient (Wildman–Crippen LogP) is 3.68. The van der Waals surface area contributed by atoms with Gasteiger partial charge in [0.1, 0.15) is 29.5 Å². The van der Waals surface area contributed by atoms with Crippen LogP contribution in [0.2, 0.25) is 0 Å². The molecule has 2 heterocycles. The number of rotatable bonds is 8. The predicted molar refractivity (Wildman–Crippen MR) is 137 cm³/mol. The molecule has 5 atom stereocenters. The summed E-state index contributed by atoms with van der Waals surface area (Å²) < 4.78 is 10.9. The molecule has 0 bridgehead atoms. The van der Waals surface area contributed by atoms with Gasteiger partial charge in [0.2, 0.25) is 5.91 Å². The van der Waals surface area contributed by atoms with Crippen LogP contribution in [0.3, 0.4) is 0 Å². The summed E-state index contributed by atoms with van der Waals surface area (Å²) >= 11 is 1.68. The van der Waals surface area contributed by atoms with Crippen LogP contribution in [0.15, 0.2) is 65.9 Å². The lowest BCUT2D eigenvalue weighted by Gasteiger charge is -2.58. The van der Waals surface area contributed by atoms with Crippen molar-refractivity contribution >= 4 is 29.5 Å². The number of carbonyl (C=O) groups is 3. The zero-order chi connectivity index (χ0) is 25.4. The van der Waals surface area contributed by atoms with Gasteiger partial charge in [-0.25, -0.2) is 4.79 Å². The van der Waals surface area contributed by atoms with E-state index in [1.165, 1.54) is 0 Å². The van der Waals surface area contributed by atoms with E-state index in [0.29, 0.717) is 11.6 Å². The summed E-state index contributed by atoms with van der Waals surface area (Å²) in [6, 6.07) is 16.1. The van der Waals surface area contributed by atoms with Crippen molar-refractivity contribution in [2.75, 3.05) is 7.11 Å². The quantitative estimate of drug-likeness (QED) is 0.434. The van der Waals surface area contributed by atoms with Crippen molar-refractivity contribution in [3.05, 3.63) is 77.0 Å².